The summed E-state index contributed by atoms with van der Waals surface area (Å²) in [6.07, 6.45) is 1.82. The van der Waals surface area contributed by atoms with Crippen molar-refractivity contribution in [2.24, 2.45) is 0 Å². The number of urea groups is 1. The summed E-state index contributed by atoms with van der Waals surface area (Å²) in [6, 6.07) is 0.279. The van der Waals surface area contributed by atoms with Crippen molar-refractivity contribution in [2.45, 2.75) is 38.8 Å². The minimum atomic E-state index is -0.962. The SMILES string of the molecule is CC(C)N(C)CCNC(=O)N(CC(=O)O)C1CC1. The first kappa shape index (κ1) is 14.8. The predicted molar refractivity (Wildman–Crippen MR) is 68.5 cm³/mol. The lowest BCUT2D eigenvalue weighted by Crippen LogP contribution is -2.46. The molecule has 1 fully saturated rings. The van der Waals surface area contributed by atoms with Gasteiger partial charge in [-0.05, 0) is 33.7 Å². The van der Waals surface area contributed by atoms with E-state index in [0.717, 1.165) is 19.4 Å². The topological polar surface area (TPSA) is 72.9 Å². The first-order chi connectivity index (χ1) is 8.41. The van der Waals surface area contributed by atoms with E-state index in [1.54, 1.807) is 0 Å². The minimum absolute atomic E-state index is 0.115. The summed E-state index contributed by atoms with van der Waals surface area (Å²) in [4.78, 5) is 26.1. The molecule has 0 aromatic rings. The molecule has 0 saturated heterocycles. The van der Waals surface area contributed by atoms with E-state index in [-0.39, 0.29) is 18.6 Å². The highest BCUT2D eigenvalue weighted by atomic mass is 16.4. The van der Waals surface area contributed by atoms with Crippen molar-refractivity contribution in [3.8, 4) is 0 Å². The molecule has 1 saturated carbocycles. The number of carboxylic acids is 1. The molecule has 2 N–H and O–H groups in total. The number of hydrogen-bond acceptors (Lipinski definition) is 3. The number of nitrogens with zero attached hydrogens (tertiary/aromatic N) is 2. The summed E-state index contributed by atoms with van der Waals surface area (Å²) in [5.74, 6) is -0.962. The fourth-order valence-electron chi connectivity index (χ4n) is 1.60. The molecule has 18 heavy (non-hydrogen) atoms. The van der Waals surface area contributed by atoms with Crippen molar-refractivity contribution in [1.29, 1.82) is 0 Å². The number of carbonyl (C=O) groups excluding carboxylic acids is 1. The van der Waals surface area contributed by atoms with Crippen LogP contribution in [-0.2, 0) is 4.79 Å². The van der Waals surface area contributed by atoms with Crippen molar-refractivity contribution < 1.29 is 14.7 Å². The predicted octanol–water partition coefficient (Wildman–Crippen LogP) is 0.585. The summed E-state index contributed by atoms with van der Waals surface area (Å²) in [7, 11) is 1.99. The number of amides is 2. The summed E-state index contributed by atoms with van der Waals surface area (Å²) in [6.45, 7) is 5.26. The van der Waals surface area contributed by atoms with Crippen molar-refractivity contribution in [2.75, 3.05) is 26.7 Å². The van der Waals surface area contributed by atoms with Gasteiger partial charge >= 0.3 is 12.0 Å². The maximum atomic E-state index is 11.8. The van der Waals surface area contributed by atoms with Gasteiger partial charge in [-0.1, -0.05) is 0 Å². The molecule has 0 bridgehead atoms. The molecule has 0 radical (unpaired) electrons. The second-order valence-corrected chi connectivity index (χ2v) is 5.06. The van der Waals surface area contributed by atoms with E-state index in [4.69, 9.17) is 5.11 Å². The second kappa shape index (κ2) is 6.58. The Kier molecular flexibility index (Phi) is 5.40. The zero-order valence-electron chi connectivity index (χ0n) is 11.3. The van der Waals surface area contributed by atoms with Crippen LogP contribution in [0.25, 0.3) is 0 Å². The molecule has 0 unspecified atom stereocenters. The van der Waals surface area contributed by atoms with Crippen LogP contribution in [0.3, 0.4) is 0 Å². The van der Waals surface area contributed by atoms with Gasteiger partial charge in [0.05, 0.1) is 0 Å². The van der Waals surface area contributed by atoms with Crippen molar-refractivity contribution in [3.63, 3.8) is 0 Å². The number of aliphatic carboxylic acids is 1. The van der Waals surface area contributed by atoms with E-state index in [1.165, 1.54) is 4.90 Å². The van der Waals surface area contributed by atoms with Crippen molar-refractivity contribution >= 4 is 12.0 Å². The van der Waals surface area contributed by atoms with E-state index in [1.807, 2.05) is 7.05 Å². The Bertz CT molecular complexity index is 303. The van der Waals surface area contributed by atoms with Gasteiger partial charge in [-0.3, -0.25) is 4.79 Å². The van der Waals surface area contributed by atoms with E-state index in [2.05, 4.69) is 24.1 Å². The van der Waals surface area contributed by atoms with Crippen LogP contribution in [0.15, 0.2) is 0 Å². The Hall–Kier alpha value is -1.30. The van der Waals surface area contributed by atoms with Gasteiger partial charge in [-0.2, -0.15) is 0 Å². The standard InChI is InChI=1S/C12H23N3O3/c1-9(2)14(3)7-6-13-12(18)15(8-11(16)17)10-4-5-10/h9-10H,4-8H2,1-3H3,(H,13,18)(H,16,17). The average molecular weight is 257 g/mol. The van der Waals surface area contributed by atoms with Crippen LogP contribution in [-0.4, -0.2) is 65.7 Å². The van der Waals surface area contributed by atoms with Gasteiger partial charge in [0.2, 0.25) is 0 Å². The fraction of sp³-hybridized carbons (Fsp3) is 0.833. The molecular formula is C12H23N3O3. The highest BCUT2D eigenvalue weighted by molar-refractivity contribution is 5.80. The quantitative estimate of drug-likeness (QED) is 0.700. The lowest BCUT2D eigenvalue weighted by atomic mass is 10.3. The molecule has 6 nitrogen and oxygen atoms in total. The lowest BCUT2D eigenvalue weighted by molar-refractivity contribution is -0.137. The van der Waals surface area contributed by atoms with Crippen LogP contribution in [0.2, 0.25) is 0 Å². The van der Waals surface area contributed by atoms with Gasteiger partial charge in [0, 0.05) is 25.2 Å². The maximum Gasteiger partial charge on any atom is 0.323 e. The molecule has 0 aromatic carbocycles. The molecule has 0 spiro atoms. The van der Waals surface area contributed by atoms with Gasteiger partial charge in [-0.15, -0.1) is 0 Å². The van der Waals surface area contributed by atoms with E-state index >= 15 is 0 Å². The number of rotatable bonds is 7. The number of nitrogens with one attached hydrogen (secondary N) is 1. The number of hydrogen-bond donors (Lipinski definition) is 2. The number of carboxylic acid groups (broad SMARTS) is 1. The summed E-state index contributed by atoms with van der Waals surface area (Å²) < 4.78 is 0. The molecule has 1 rings (SSSR count). The Balaban J connectivity index is 2.31. The Morgan fingerprint density at radius 2 is 2.00 bits per heavy atom. The van der Waals surface area contributed by atoms with Crippen LogP contribution >= 0.6 is 0 Å². The maximum absolute atomic E-state index is 11.8. The zero-order chi connectivity index (χ0) is 13.7. The fourth-order valence-corrected chi connectivity index (χ4v) is 1.60. The normalized spacial score (nSPS) is 14.9. The van der Waals surface area contributed by atoms with Crippen LogP contribution in [0.5, 0.6) is 0 Å². The third kappa shape index (κ3) is 4.91. The summed E-state index contributed by atoms with van der Waals surface area (Å²) in [5, 5.41) is 11.5. The third-order valence-corrected chi connectivity index (χ3v) is 3.18. The summed E-state index contributed by atoms with van der Waals surface area (Å²) in [5.41, 5.74) is 0. The first-order valence-corrected chi connectivity index (χ1v) is 6.38. The first-order valence-electron chi connectivity index (χ1n) is 6.38. The largest absolute Gasteiger partial charge is 0.480 e. The van der Waals surface area contributed by atoms with Crippen molar-refractivity contribution in [3.05, 3.63) is 0 Å². The Morgan fingerprint density at radius 3 is 2.44 bits per heavy atom. The van der Waals surface area contributed by atoms with Gasteiger partial charge < -0.3 is 20.2 Å². The van der Waals surface area contributed by atoms with Gasteiger partial charge in [0.1, 0.15) is 6.54 Å². The molecule has 6 heteroatoms. The van der Waals surface area contributed by atoms with E-state index in [9.17, 15) is 9.59 Å². The highest BCUT2D eigenvalue weighted by Gasteiger charge is 2.33. The smallest absolute Gasteiger partial charge is 0.323 e. The number of likely N-dealkylation sites (N-methyl/N-ethyl adjacent to an activating group) is 1. The average Bonchev–Trinajstić information content (AvgIpc) is 3.08. The molecule has 0 aliphatic heterocycles. The Morgan fingerprint density at radius 1 is 1.39 bits per heavy atom. The molecule has 0 heterocycles. The van der Waals surface area contributed by atoms with Gasteiger partial charge in [0.25, 0.3) is 0 Å². The van der Waals surface area contributed by atoms with Crippen LogP contribution in [0, 0.1) is 0 Å². The second-order valence-electron chi connectivity index (χ2n) is 5.06. The molecule has 1 aliphatic rings. The zero-order valence-corrected chi connectivity index (χ0v) is 11.3. The van der Waals surface area contributed by atoms with Crippen LogP contribution in [0.4, 0.5) is 4.79 Å². The monoisotopic (exact) mass is 257 g/mol. The van der Waals surface area contributed by atoms with Gasteiger partial charge in [0.15, 0.2) is 0 Å². The molecule has 2 amide bonds. The molecular weight excluding hydrogens is 234 g/mol. The highest BCUT2D eigenvalue weighted by Crippen LogP contribution is 2.26. The van der Waals surface area contributed by atoms with E-state index < -0.39 is 5.97 Å². The molecule has 0 aromatic heterocycles. The van der Waals surface area contributed by atoms with Crippen LogP contribution in [0.1, 0.15) is 26.7 Å². The minimum Gasteiger partial charge on any atom is -0.480 e. The van der Waals surface area contributed by atoms with E-state index in [0.29, 0.717) is 12.6 Å². The molecule has 0 atom stereocenters. The van der Waals surface area contributed by atoms with Crippen molar-refractivity contribution in [1.82, 2.24) is 15.1 Å². The van der Waals surface area contributed by atoms with Gasteiger partial charge in [-0.25, -0.2) is 4.79 Å². The molecule has 104 valence electrons. The lowest BCUT2D eigenvalue weighted by Gasteiger charge is -2.24. The summed E-state index contributed by atoms with van der Waals surface area (Å²) >= 11 is 0. The Labute approximate surface area is 108 Å². The van der Waals surface area contributed by atoms with Crippen LogP contribution < -0.4 is 5.32 Å². The number of carbonyl (C=O) groups is 2. The third-order valence-electron chi connectivity index (χ3n) is 3.18. The molecule has 1 aliphatic carbocycles.